The van der Waals surface area contributed by atoms with Gasteiger partial charge >= 0.3 is 0 Å². The van der Waals surface area contributed by atoms with Crippen LogP contribution in [0.15, 0.2) is 15.6 Å². The minimum atomic E-state index is -0.760. The van der Waals surface area contributed by atoms with Crippen LogP contribution in [-0.2, 0) is 0 Å². The van der Waals surface area contributed by atoms with E-state index in [2.05, 4.69) is 31.2 Å². The van der Waals surface area contributed by atoms with Crippen molar-refractivity contribution in [1.29, 1.82) is 0 Å². The van der Waals surface area contributed by atoms with Crippen molar-refractivity contribution >= 4 is 21.7 Å². The lowest BCUT2D eigenvalue weighted by Gasteiger charge is -2.25. The molecule has 0 aliphatic heterocycles. The molecule has 6 heteroatoms. The highest BCUT2D eigenvalue weighted by Gasteiger charge is 2.22. The summed E-state index contributed by atoms with van der Waals surface area (Å²) in [4.78, 5) is 17.7. The summed E-state index contributed by atoms with van der Waals surface area (Å²) >= 11 is 3.14. The molecule has 5 nitrogen and oxygen atoms in total. The molecule has 0 unspecified atom stereocenters. The van der Waals surface area contributed by atoms with Gasteiger partial charge < -0.3 is 15.4 Å². The molecule has 0 fully saturated rings. The van der Waals surface area contributed by atoms with E-state index in [9.17, 15) is 9.90 Å². The number of H-pyrrole nitrogens is 1. The number of aromatic nitrogens is 2. The van der Waals surface area contributed by atoms with E-state index < -0.39 is 5.60 Å². The lowest BCUT2D eigenvalue weighted by Crippen LogP contribution is -2.36. The molecule has 0 saturated carbocycles. The topological polar surface area (TPSA) is 78.0 Å². The van der Waals surface area contributed by atoms with Crippen LogP contribution in [0.25, 0.3) is 0 Å². The molecule has 0 atom stereocenters. The largest absolute Gasteiger partial charge is 0.388 e. The van der Waals surface area contributed by atoms with E-state index in [0.717, 1.165) is 0 Å². The molecule has 1 aromatic heterocycles. The van der Waals surface area contributed by atoms with Crippen LogP contribution >= 0.6 is 15.9 Å². The number of nitrogens with one attached hydrogen (secondary N) is 2. The van der Waals surface area contributed by atoms with E-state index in [1.165, 1.54) is 6.33 Å². The van der Waals surface area contributed by atoms with Crippen molar-refractivity contribution in [1.82, 2.24) is 9.97 Å². The lowest BCUT2D eigenvalue weighted by atomic mass is 9.98. The second-order valence-electron chi connectivity index (χ2n) is 3.68. The molecule has 90 valence electrons. The molecule has 0 spiro atoms. The molecule has 0 aliphatic carbocycles. The molecule has 0 saturated heterocycles. The van der Waals surface area contributed by atoms with Crippen LogP contribution < -0.4 is 10.9 Å². The second kappa shape index (κ2) is 5.45. The lowest BCUT2D eigenvalue weighted by molar-refractivity contribution is 0.0456. The molecule has 0 amide bonds. The number of rotatable bonds is 5. The van der Waals surface area contributed by atoms with Crippen molar-refractivity contribution in [3.8, 4) is 0 Å². The second-order valence-corrected chi connectivity index (χ2v) is 4.47. The van der Waals surface area contributed by atoms with E-state index in [1.54, 1.807) is 0 Å². The highest BCUT2D eigenvalue weighted by atomic mass is 79.9. The van der Waals surface area contributed by atoms with Crippen LogP contribution in [0.2, 0.25) is 0 Å². The van der Waals surface area contributed by atoms with Crippen molar-refractivity contribution in [2.24, 2.45) is 0 Å². The van der Waals surface area contributed by atoms with Gasteiger partial charge in [0.2, 0.25) is 0 Å². The van der Waals surface area contributed by atoms with Crippen LogP contribution in [0.3, 0.4) is 0 Å². The summed E-state index contributed by atoms with van der Waals surface area (Å²) in [6, 6.07) is 0. The van der Waals surface area contributed by atoms with Crippen molar-refractivity contribution < 1.29 is 5.11 Å². The summed E-state index contributed by atoms with van der Waals surface area (Å²) < 4.78 is 0.351. The fraction of sp³-hybridized carbons (Fsp3) is 0.600. The molecule has 0 bridgehead atoms. The number of anilines is 1. The monoisotopic (exact) mass is 289 g/mol. The molecule has 1 rings (SSSR count). The van der Waals surface area contributed by atoms with Crippen LogP contribution in [0.1, 0.15) is 26.7 Å². The van der Waals surface area contributed by atoms with Gasteiger partial charge in [0, 0.05) is 6.54 Å². The van der Waals surface area contributed by atoms with Crippen molar-refractivity contribution in [3.05, 3.63) is 21.2 Å². The first-order valence-corrected chi connectivity index (χ1v) is 6.01. The van der Waals surface area contributed by atoms with Gasteiger partial charge in [-0.15, -0.1) is 0 Å². The van der Waals surface area contributed by atoms with E-state index in [4.69, 9.17) is 0 Å². The normalized spacial score (nSPS) is 11.5. The van der Waals surface area contributed by atoms with Crippen molar-refractivity contribution in [2.45, 2.75) is 32.3 Å². The first-order chi connectivity index (χ1) is 7.52. The number of halogens is 1. The number of aliphatic hydroxyl groups is 1. The maximum absolute atomic E-state index is 11.3. The minimum absolute atomic E-state index is 0.242. The van der Waals surface area contributed by atoms with Gasteiger partial charge in [0.15, 0.2) is 0 Å². The van der Waals surface area contributed by atoms with Gasteiger partial charge in [0.25, 0.3) is 5.56 Å². The van der Waals surface area contributed by atoms with Crippen LogP contribution in [0.4, 0.5) is 5.82 Å². The van der Waals surface area contributed by atoms with Gasteiger partial charge in [-0.2, -0.15) is 0 Å². The molecule has 0 radical (unpaired) electrons. The van der Waals surface area contributed by atoms with Gasteiger partial charge in [-0.1, -0.05) is 13.8 Å². The average molecular weight is 290 g/mol. The zero-order valence-corrected chi connectivity index (χ0v) is 11.0. The number of hydrogen-bond acceptors (Lipinski definition) is 4. The van der Waals surface area contributed by atoms with Gasteiger partial charge in [-0.25, -0.2) is 4.98 Å². The van der Waals surface area contributed by atoms with E-state index in [0.29, 0.717) is 29.7 Å². The van der Waals surface area contributed by atoms with Gasteiger partial charge in [-0.05, 0) is 28.8 Å². The molecule has 1 aromatic rings. The quantitative estimate of drug-likeness (QED) is 0.768. The van der Waals surface area contributed by atoms with Crippen LogP contribution in [0, 0.1) is 0 Å². The summed E-state index contributed by atoms with van der Waals surface area (Å²) in [7, 11) is 0. The predicted octanol–water partition coefficient (Wildman–Crippen LogP) is 1.50. The van der Waals surface area contributed by atoms with Crippen LogP contribution in [-0.4, -0.2) is 27.2 Å². The van der Waals surface area contributed by atoms with E-state index in [1.807, 2.05) is 13.8 Å². The summed E-state index contributed by atoms with van der Waals surface area (Å²) in [6.07, 6.45) is 2.63. The fourth-order valence-corrected chi connectivity index (χ4v) is 1.61. The summed E-state index contributed by atoms with van der Waals surface area (Å²) in [5, 5.41) is 13.0. The van der Waals surface area contributed by atoms with Gasteiger partial charge in [0.1, 0.15) is 10.3 Å². The molecule has 0 aromatic carbocycles. The number of nitrogens with zero attached hydrogens (tertiary/aromatic N) is 1. The smallest absolute Gasteiger partial charge is 0.267 e. The molecule has 3 N–H and O–H groups in total. The third kappa shape index (κ3) is 3.05. The van der Waals surface area contributed by atoms with E-state index in [-0.39, 0.29) is 5.56 Å². The Morgan fingerprint density at radius 3 is 2.75 bits per heavy atom. The Labute approximate surface area is 102 Å². The zero-order valence-electron chi connectivity index (χ0n) is 9.38. The maximum atomic E-state index is 11.3. The Morgan fingerprint density at radius 2 is 2.19 bits per heavy atom. The minimum Gasteiger partial charge on any atom is -0.388 e. The van der Waals surface area contributed by atoms with Gasteiger partial charge in [0.05, 0.1) is 11.9 Å². The van der Waals surface area contributed by atoms with E-state index >= 15 is 0 Å². The van der Waals surface area contributed by atoms with Gasteiger partial charge in [-0.3, -0.25) is 4.79 Å². The van der Waals surface area contributed by atoms with Crippen LogP contribution in [0.5, 0.6) is 0 Å². The predicted molar refractivity (Wildman–Crippen MR) is 66.6 cm³/mol. The summed E-state index contributed by atoms with van der Waals surface area (Å²) in [6.45, 7) is 4.21. The zero-order chi connectivity index (χ0) is 12.2. The third-order valence-corrected chi connectivity index (χ3v) is 3.43. The molecule has 16 heavy (non-hydrogen) atoms. The molecular weight excluding hydrogens is 274 g/mol. The standard InChI is InChI=1S/C10H16BrN3O2/c1-3-10(16,4-2)5-12-8-7(11)9(15)14-6-13-8/h6,16H,3-5H2,1-2H3,(H2,12,13,14,15). The Kier molecular flexibility index (Phi) is 4.49. The SMILES string of the molecule is CCC(O)(CC)CNc1nc[nH]c(=O)c1Br. The first kappa shape index (κ1) is 13.2. The number of aromatic amines is 1. The Balaban J connectivity index is 2.75. The molecular formula is C10H16BrN3O2. The maximum Gasteiger partial charge on any atom is 0.267 e. The van der Waals surface area contributed by atoms with Crippen molar-refractivity contribution in [2.75, 3.05) is 11.9 Å². The number of hydrogen-bond donors (Lipinski definition) is 3. The summed E-state index contributed by atoms with van der Waals surface area (Å²) in [5.41, 5.74) is -1.00. The fourth-order valence-electron chi connectivity index (χ4n) is 1.25. The first-order valence-electron chi connectivity index (χ1n) is 5.22. The Morgan fingerprint density at radius 1 is 1.56 bits per heavy atom. The average Bonchev–Trinajstić information content (AvgIpc) is 2.31. The van der Waals surface area contributed by atoms with Crippen molar-refractivity contribution in [3.63, 3.8) is 0 Å². The molecule has 0 aliphatic rings. The summed E-state index contributed by atoms with van der Waals surface area (Å²) in [5.74, 6) is 0.448. The third-order valence-electron chi connectivity index (χ3n) is 2.70. The highest BCUT2D eigenvalue weighted by Crippen LogP contribution is 2.18. The molecule has 1 heterocycles. The Hall–Kier alpha value is -0.880. The Bertz CT molecular complexity index is 401. The highest BCUT2D eigenvalue weighted by molar-refractivity contribution is 9.10.